The standard InChI is InChI=1S/C15H27N/c1-14(2)12-6-8-15(3,10-12)13(14)16-9-7-11-4-5-11/h11-13,16H,4-10H2,1-3H3. The molecule has 16 heavy (non-hydrogen) atoms. The first kappa shape index (κ1) is 11.1. The van der Waals surface area contributed by atoms with Gasteiger partial charge in [0.15, 0.2) is 0 Å². The molecular weight excluding hydrogens is 194 g/mol. The molecule has 0 aliphatic heterocycles. The maximum absolute atomic E-state index is 3.92. The van der Waals surface area contributed by atoms with Crippen molar-refractivity contribution in [2.75, 3.05) is 6.54 Å². The van der Waals surface area contributed by atoms with E-state index in [0.29, 0.717) is 10.8 Å². The molecule has 0 radical (unpaired) electrons. The normalized spacial score (nSPS) is 45.2. The van der Waals surface area contributed by atoms with Crippen molar-refractivity contribution in [1.29, 1.82) is 0 Å². The van der Waals surface area contributed by atoms with Crippen LogP contribution in [-0.4, -0.2) is 12.6 Å². The van der Waals surface area contributed by atoms with Gasteiger partial charge in [0.1, 0.15) is 0 Å². The first-order valence-corrected chi connectivity index (χ1v) is 7.26. The van der Waals surface area contributed by atoms with Crippen LogP contribution in [0.4, 0.5) is 0 Å². The lowest BCUT2D eigenvalue weighted by Gasteiger charge is -2.43. The van der Waals surface area contributed by atoms with Gasteiger partial charge in [-0.1, -0.05) is 33.6 Å². The average molecular weight is 221 g/mol. The Bertz CT molecular complexity index is 274. The molecule has 3 fully saturated rings. The predicted molar refractivity (Wildman–Crippen MR) is 68.4 cm³/mol. The van der Waals surface area contributed by atoms with Gasteiger partial charge in [0, 0.05) is 6.04 Å². The van der Waals surface area contributed by atoms with Gasteiger partial charge in [-0.2, -0.15) is 0 Å². The topological polar surface area (TPSA) is 12.0 Å². The lowest BCUT2D eigenvalue weighted by molar-refractivity contribution is 0.109. The molecule has 0 heterocycles. The minimum atomic E-state index is 0.538. The Balaban J connectivity index is 1.62. The van der Waals surface area contributed by atoms with Crippen LogP contribution in [0.1, 0.15) is 59.3 Å². The first-order valence-electron chi connectivity index (χ1n) is 7.26. The summed E-state index contributed by atoms with van der Waals surface area (Å²) in [5, 5.41) is 3.92. The van der Waals surface area contributed by atoms with Gasteiger partial charge in [0.05, 0.1) is 0 Å². The van der Waals surface area contributed by atoms with Crippen LogP contribution in [0.5, 0.6) is 0 Å². The van der Waals surface area contributed by atoms with Crippen molar-refractivity contribution < 1.29 is 0 Å². The van der Waals surface area contributed by atoms with Crippen molar-refractivity contribution in [3.05, 3.63) is 0 Å². The lowest BCUT2D eigenvalue weighted by Crippen LogP contribution is -2.50. The van der Waals surface area contributed by atoms with Gasteiger partial charge < -0.3 is 5.32 Å². The second-order valence-electron chi connectivity index (χ2n) is 7.53. The second kappa shape index (κ2) is 3.48. The monoisotopic (exact) mass is 221 g/mol. The molecule has 3 aliphatic rings. The third-order valence-electron chi connectivity index (χ3n) is 5.87. The van der Waals surface area contributed by atoms with Crippen LogP contribution in [0.25, 0.3) is 0 Å². The van der Waals surface area contributed by atoms with Crippen LogP contribution >= 0.6 is 0 Å². The Morgan fingerprint density at radius 1 is 1.12 bits per heavy atom. The molecule has 0 aromatic carbocycles. The molecule has 1 nitrogen and oxygen atoms in total. The van der Waals surface area contributed by atoms with Gasteiger partial charge in [-0.3, -0.25) is 0 Å². The molecule has 3 aliphatic carbocycles. The summed E-state index contributed by atoms with van der Waals surface area (Å²) in [5.41, 5.74) is 1.15. The maximum Gasteiger partial charge on any atom is 0.0175 e. The number of rotatable bonds is 4. The van der Waals surface area contributed by atoms with Crippen molar-refractivity contribution in [2.24, 2.45) is 22.7 Å². The first-order chi connectivity index (χ1) is 7.52. The quantitative estimate of drug-likeness (QED) is 0.765. The van der Waals surface area contributed by atoms with E-state index in [-0.39, 0.29) is 0 Å². The Morgan fingerprint density at radius 2 is 1.88 bits per heavy atom. The molecule has 3 rings (SSSR count). The molecule has 0 amide bonds. The van der Waals surface area contributed by atoms with E-state index in [1.807, 2.05) is 0 Å². The van der Waals surface area contributed by atoms with E-state index in [1.54, 1.807) is 0 Å². The fourth-order valence-electron chi connectivity index (χ4n) is 4.65. The molecule has 0 saturated heterocycles. The van der Waals surface area contributed by atoms with Crippen LogP contribution < -0.4 is 5.32 Å². The molecule has 92 valence electrons. The van der Waals surface area contributed by atoms with E-state index >= 15 is 0 Å². The zero-order chi connectivity index (χ0) is 11.4. The predicted octanol–water partition coefficient (Wildman–Crippen LogP) is 3.59. The highest BCUT2D eigenvalue weighted by molar-refractivity contribution is 5.11. The Labute approximate surface area is 100 Å². The van der Waals surface area contributed by atoms with Crippen molar-refractivity contribution in [3.63, 3.8) is 0 Å². The highest BCUT2D eigenvalue weighted by atomic mass is 15.0. The maximum atomic E-state index is 3.92. The lowest BCUT2D eigenvalue weighted by atomic mass is 9.68. The average Bonchev–Trinajstić information content (AvgIpc) is 2.90. The van der Waals surface area contributed by atoms with Gasteiger partial charge >= 0.3 is 0 Å². The summed E-state index contributed by atoms with van der Waals surface area (Å²) in [7, 11) is 0. The van der Waals surface area contributed by atoms with E-state index in [4.69, 9.17) is 0 Å². The summed E-state index contributed by atoms with van der Waals surface area (Å²) in [6.45, 7) is 8.78. The zero-order valence-corrected chi connectivity index (χ0v) is 11.2. The van der Waals surface area contributed by atoms with Crippen molar-refractivity contribution in [1.82, 2.24) is 5.32 Å². The number of hydrogen-bond donors (Lipinski definition) is 1. The SMILES string of the molecule is CC12CCC(C1)C(C)(C)C2NCCC1CC1. The fourth-order valence-corrected chi connectivity index (χ4v) is 4.65. The van der Waals surface area contributed by atoms with Gasteiger partial charge in [-0.15, -0.1) is 0 Å². The summed E-state index contributed by atoms with van der Waals surface area (Å²) in [4.78, 5) is 0. The molecule has 2 bridgehead atoms. The van der Waals surface area contributed by atoms with Crippen molar-refractivity contribution in [3.8, 4) is 0 Å². The smallest absolute Gasteiger partial charge is 0.0175 e. The second-order valence-corrected chi connectivity index (χ2v) is 7.53. The molecule has 1 heteroatoms. The third-order valence-corrected chi connectivity index (χ3v) is 5.87. The minimum absolute atomic E-state index is 0.538. The van der Waals surface area contributed by atoms with Gasteiger partial charge in [0.2, 0.25) is 0 Å². The highest BCUT2D eigenvalue weighted by Gasteiger charge is 2.58. The summed E-state index contributed by atoms with van der Waals surface area (Å²) in [6.07, 6.45) is 8.83. The molecule has 0 spiro atoms. The van der Waals surface area contributed by atoms with E-state index in [1.165, 1.54) is 45.1 Å². The molecule has 3 saturated carbocycles. The Kier molecular flexibility index (Phi) is 2.41. The Morgan fingerprint density at radius 3 is 2.44 bits per heavy atom. The van der Waals surface area contributed by atoms with E-state index in [0.717, 1.165) is 17.9 Å². The zero-order valence-electron chi connectivity index (χ0n) is 11.2. The minimum Gasteiger partial charge on any atom is -0.313 e. The summed E-state index contributed by atoms with van der Waals surface area (Å²) < 4.78 is 0. The molecule has 0 aromatic heterocycles. The van der Waals surface area contributed by atoms with E-state index < -0.39 is 0 Å². The van der Waals surface area contributed by atoms with Gasteiger partial charge in [0.25, 0.3) is 0 Å². The van der Waals surface area contributed by atoms with E-state index in [9.17, 15) is 0 Å². The van der Waals surface area contributed by atoms with Gasteiger partial charge in [-0.25, -0.2) is 0 Å². The van der Waals surface area contributed by atoms with E-state index in [2.05, 4.69) is 26.1 Å². The Hall–Kier alpha value is -0.0400. The molecule has 3 unspecified atom stereocenters. The third kappa shape index (κ3) is 1.63. The number of nitrogens with one attached hydrogen (secondary N) is 1. The number of hydrogen-bond acceptors (Lipinski definition) is 1. The van der Waals surface area contributed by atoms with Crippen molar-refractivity contribution >= 4 is 0 Å². The molecule has 0 aromatic rings. The summed E-state index contributed by atoms with van der Waals surface area (Å²) in [6, 6.07) is 0.775. The van der Waals surface area contributed by atoms with Crippen LogP contribution in [0.2, 0.25) is 0 Å². The van der Waals surface area contributed by atoms with Gasteiger partial charge in [-0.05, 0) is 54.9 Å². The van der Waals surface area contributed by atoms with Crippen molar-refractivity contribution in [2.45, 2.75) is 65.3 Å². The van der Waals surface area contributed by atoms with Crippen LogP contribution in [0.3, 0.4) is 0 Å². The highest BCUT2D eigenvalue weighted by Crippen LogP contribution is 2.62. The van der Waals surface area contributed by atoms with Crippen LogP contribution in [-0.2, 0) is 0 Å². The number of fused-ring (bicyclic) bond motifs is 2. The fraction of sp³-hybridized carbons (Fsp3) is 1.00. The largest absolute Gasteiger partial charge is 0.313 e. The molecule has 1 N–H and O–H groups in total. The van der Waals surface area contributed by atoms with Crippen LogP contribution in [0, 0.1) is 22.7 Å². The summed E-state index contributed by atoms with van der Waals surface area (Å²) in [5.74, 6) is 2.05. The molecular formula is C15H27N. The summed E-state index contributed by atoms with van der Waals surface area (Å²) >= 11 is 0. The molecule has 3 atom stereocenters. The van der Waals surface area contributed by atoms with Crippen LogP contribution in [0.15, 0.2) is 0 Å².